The Kier molecular flexibility index (Phi) is 4.47. The molecule has 0 saturated carbocycles. The van der Waals surface area contributed by atoms with E-state index >= 15 is 0 Å². The van der Waals surface area contributed by atoms with Crippen LogP contribution in [0.4, 0.5) is 0 Å². The third-order valence-electron chi connectivity index (χ3n) is 5.05. The molecular weight excluding hydrogens is 402 g/mol. The molecule has 0 N–H and O–H groups in total. The summed E-state index contributed by atoms with van der Waals surface area (Å²) in [6, 6.07) is 10.5. The van der Waals surface area contributed by atoms with Gasteiger partial charge < -0.3 is 33.1 Å². The predicted molar refractivity (Wildman–Crippen MR) is 95.5 cm³/mol. The number of ether oxygens (including phenoxy) is 4. The summed E-state index contributed by atoms with van der Waals surface area (Å²) in [4.78, 5) is 0. The maximum atomic E-state index is 8.83. The molecular formula is C19H14NO8S-. The standard InChI is InChI=1S/C19H14NO4.H2O4S/c1-2-16-19(24-10-21-16)14-8-20-4-3-12-6-17-18(23-9-22-17)7-13(12)15(20)5-11(1)14;1-4-5(2)3/h1-2,5-8H,3-4,9-10H2;1H,(H,2,3)/q+1;/p-2. The van der Waals surface area contributed by atoms with Crippen LogP contribution in [0, 0.1) is 0 Å². The molecule has 150 valence electrons. The summed E-state index contributed by atoms with van der Waals surface area (Å²) < 4.78 is 44.6. The van der Waals surface area contributed by atoms with E-state index in [1.54, 1.807) is 0 Å². The number of benzene rings is 2. The lowest BCUT2D eigenvalue weighted by atomic mass is 9.95. The SMILES string of the molecule is O=S([O-])O[O-].c1c2c(cc3c1OCO3)-c1cc3ccc4c(c3c[n+]1CC2)OCO4. The largest absolute Gasteiger partial charge is 0.750 e. The number of rotatable bonds is 1. The van der Waals surface area contributed by atoms with E-state index in [-0.39, 0.29) is 0 Å². The molecule has 0 bridgehead atoms. The molecule has 0 radical (unpaired) electrons. The Morgan fingerprint density at radius 3 is 2.52 bits per heavy atom. The maximum Gasteiger partial charge on any atom is 0.231 e. The zero-order valence-electron chi connectivity index (χ0n) is 14.9. The van der Waals surface area contributed by atoms with E-state index < -0.39 is 11.4 Å². The molecule has 3 aliphatic heterocycles. The van der Waals surface area contributed by atoms with Crippen LogP contribution >= 0.6 is 0 Å². The first-order valence-electron chi connectivity index (χ1n) is 8.72. The van der Waals surface area contributed by atoms with Gasteiger partial charge in [-0.3, -0.25) is 0 Å². The lowest BCUT2D eigenvalue weighted by molar-refractivity contribution is -0.686. The Balaban J connectivity index is 0.000000328. The van der Waals surface area contributed by atoms with Crippen molar-refractivity contribution in [3.05, 3.63) is 42.1 Å². The third kappa shape index (κ3) is 3.15. The van der Waals surface area contributed by atoms with E-state index in [4.69, 9.17) is 33.0 Å². The summed E-state index contributed by atoms with van der Waals surface area (Å²) in [5.74, 6) is 3.35. The van der Waals surface area contributed by atoms with E-state index in [1.165, 1.54) is 16.8 Å². The number of hydrogen-bond donors (Lipinski definition) is 0. The number of aromatic nitrogens is 1. The van der Waals surface area contributed by atoms with Gasteiger partial charge in [-0.1, -0.05) is 0 Å². The van der Waals surface area contributed by atoms with E-state index in [0.29, 0.717) is 13.6 Å². The lowest BCUT2D eigenvalue weighted by Crippen LogP contribution is -2.40. The number of fused-ring (bicyclic) bond motifs is 7. The fourth-order valence-corrected chi connectivity index (χ4v) is 3.81. The lowest BCUT2D eigenvalue weighted by Gasteiger charge is -2.16. The molecule has 1 atom stereocenters. The Morgan fingerprint density at radius 2 is 1.72 bits per heavy atom. The zero-order chi connectivity index (χ0) is 20.0. The Hall–Kier alpha value is -2.92. The number of pyridine rings is 1. The molecule has 3 aliphatic rings. The fourth-order valence-electron chi connectivity index (χ4n) is 3.81. The van der Waals surface area contributed by atoms with Crippen LogP contribution in [0.5, 0.6) is 23.0 Å². The van der Waals surface area contributed by atoms with Gasteiger partial charge in [0.2, 0.25) is 19.3 Å². The first-order chi connectivity index (χ1) is 14.1. The van der Waals surface area contributed by atoms with Gasteiger partial charge in [-0.2, -0.15) is 4.57 Å². The molecule has 3 aromatic rings. The molecule has 9 nitrogen and oxygen atoms in total. The second-order valence-electron chi connectivity index (χ2n) is 6.54. The van der Waals surface area contributed by atoms with Crippen molar-refractivity contribution < 1.29 is 41.9 Å². The highest BCUT2D eigenvalue weighted by atomic mass is 32.2. The Bertz CT molecular complexity index is 1150. The van der Waals surface area contributed by atoms with Gasteiger partial charge in [0.1, 0.15) is 0 Å². The molecule has 0 aliphatic carbocycles. The van der Waals surface area contributed by atoms with Crippen LogP contribution in [-0.2, 0) is 28.7 Å². The molecule has 1 aromatic heterocycles. The van der Waals surface area contributed by atoms with Crippen LogP contribution in [0.2, 0.25) is 0 Å². The molecule has 0 spiro atoms. The zero-order valence-corrected chi connectivity index (χ0v) is 15.7. The van der Waals surface area contributed by atoms with Gasteiger partial charge in [0, 0.05) is 12.5 Å². The van der Waals surface area contributed by atoms with Gasteiger partial charge in [0.25, 0.3) is 0 Å². The van der Waals surface area contributed by atoms with E-state index in [2.05, 4.69) is 39.4 Å². The molecule has 10 heteroatoms. The Morgan fingerprint density at radius 1 is 1.00 bits per heavy atom. The fraction of sp³-hybridized carbons (Fsp3) is 0.211. The molecule has 0 amide bonds. The highest BCUT2D eigenvalue weighted by Crippen LogP contribution is 2.42. The van der Waals surface area contributed by atoms with Crippen LogP contribution < -0.4 is 28.8 Å². The van der Waals surface area contributed by atoms with Crippen molar-refractivity contribution in [1.29, 1.82) is 0 Å². The Labute approximate surface area is 167 Å². The predicted octanol–water partition coefficient (Wildman–Crippen LogP) is 0.880. The minimum atomic E-state index is -2.88. The average Bonchev–Trinajstić information content (AvgIpc) is 3.40. The molecule has 0 saturated heterocycles. The van der Waals surface area contributed by atoms with E-state index in [0.717, 1.165) is 46.7 Å². The quantitative estimate of drug-likeness (QED) is 0.249. The summed E-state index contributed by atoms with van der Waals surface area (Å²) in [6.45, 7) is 1.53. The van der Waals surface area contributed by atoms with Crippen LogP contribution in [0.15, 0.2) is 36.5 Å². The van der Waals surface area contributed by atoms with Gasteiger partial charge in [0.05, 0.1) is 22.3 Å². The van der Waals surface area contributed by atoms with Crippen molar-refractivity contribution in [3.8, 4) is 34.3 Å². The highest BCUT2D eigenvalue weighted by Gasteiger charge is 2.29. The summed E-state index contributed by atoms with van der Waals surface area (Å²) in [5.41, 5.74) is 3.71. The molecule has 1 unspecified atom stereocenters. The molecule has 4 heterocycles. The molecule has 2 aromatic carbocycles. The molecule has 29 heavy (non-hydrogen) atoms. The van der Waals surface area contributed by atoms with E-state index in [9.17, 15) is 0 Å². The van der Waals surface area contributed by atoms with Crippen molar-refractivity contribution in [3.63, 3.8) is 0 Å². The van der Waals surface area contributed by atoms with Crippen molar-refractivity contribution in [2.24, 2.45) is 0 Å². The van der Waals surface area contributed by atoms with Crippen LogP contribution in [0.25, 0.3) is 22.0 Å². The monoisotopic (exact) mass is 416 g/mol. The third-order valence-corrected chi connectivity index (χ3v) is 5.16. The van der Waals surface area contributed by atoms with Crippen molar-refractivity contribution >= 4 is 22.1 Å². The molecule has 0 fully saturated rings. The first kappa shape index (κ1) is 18.1. The molecule has 6 rings (SSSR count). The van der Waals surface area contributed by atoms with Crippen molar-refractivity contribution in [1.82, 2.24) is 0 Å². The summed E-state index contributed by atoms with van der Waals surface area (Å²) in [7, 11) is 0. The minimum absolute atomic E-state index is 0.294. The smallest absolute Gasteiger partial charge is 0.231 e. The topological polar surface area (TPSA) is 113 Å². The second-order valence-corrected chi connectivity index (χ2v) is 7.08. The van der Waals surface area contributed by atoms with Gasteiger partial charge in [-0.25, -0.2) is 4.21 Å². The van der Waals surface area contributed by atoms with Gasteiger partial charge in [0.15, 0.2) is 35.7 Å². The van der Waals surface area contributed by atoms with Crippen LogP contribution in [0.1, 0.15) is 5.56 Å². The number of nitrogens with zero attached hydrogens (tertiary/aromatic N) is 1. The van der Waals surface area contributed by atoms with Crippen molar-refractivity contribution in [2.45, 2.75) is 13.0 Å². The summed E-state index contributed by atoms with van der Waals surface area (Å²) in [6.07, 6.45) is 3.15. The normalized spacial score (nSPS) is 15.9. The van der Waals surface area contributed by atoms with Gasteiger partial charge >= 0.3 is 0 Å². The minimum Gasteiger partial charge on any atom is -0.750 e. The summed E-state index contributed by atoms with van der Waals surface area (Å²) in [5, 5.41) is 10.8. The van der Waals surface area contributed by atoms with E-state index in [1.807, 2.05) is 6.07 Å². The maximum absolute atomic E-state index is 8.83. The number of hydrogen-bond acceptors (Lipinski definition) is 8. The van der Waals surface area contributed by atoms with Crippen molar-refractivity contribution in [2.75, 3.05) is 13.6 Å². The van der Waals surface area contributed by atoms with Gasteiger partial charge in [-0.05, 0) is 35.2 Å². The average molecular weight is 416 g/mol. The number of aryl methyl sites for hydroxylation is 2. The van der Waals surface area contributed by atoms with Gasteiger partial charge in [-0.15, -0.1) is 0 Å². The van der Waals surface area contributed by atoms with Crippen LogP contribution in [-0.4, -0.2) is 22.3 Å². The first-order valence-corrected chi connectivity index (χ1v) is 9.72. The second kappa shape index (κ2) is 7.16. The summed E-state index contributed by atoms with van der Waals surface area (Å²) >= 11 is -2.88. The van der Waals surface area contributed by atoms with Crippen LogP contribution in [0.3, 0.4) is 0 Å². The highest BCUT2D eigenvalue weighted by molar-refractivity contribution is 7.73.